The van der Waals surface area contributed by atoms with Crippen LogP contribution in [0.25, 0.3) is 11.3 Å². The van der Waals surface area contributed by atoms with Gasteiger partial charge in [-0.2, -0.15) is 0 Å². The molecule has 0 unspecified atom stereocenters. The molecule has 2 aliphatic rings. The number of aromatic nitrogens is 3. The number of nitrogens with zero attached hydrogens (tertiary/aromatic N) is 4. The first-order chi connectivity index (χ1) is 14.3. The van der Waals surface area contributed by atoms with E-state index in [1.165, 1.54) is 0 Å². The summed E-state index contributed by atoms with van der Waals surface area (Å²) in [5, 5.41) is 2.90. The monoisotopic (exact) mass is 389 g/mol. The van der Waals surface area contributed by atoms with E-state index >= 15 is 0 Å². The van der Waals surface area contributed by atoms with Crippen molar-refractivity contribution in [1.29, 1.82) is 0 Å². The van der Waals surface area contributed by atoms with Crippen LogP contribution in [-0.2, 0) is 0 Å². The zero-order valence-corrected chi connectivity index (χ0v) is 15.7. The molecule has 1 amide bonds. The van der Waals surface area contributed by atoms with Gasteiger partial charge in [0.15, 0.2) is 11.5 Å². The summed E-state index contributed by atoms with van der Waals surface area (Å²) >= 11 is 0. The quantitative estimate of drug-likeness (QED) is 0.733. The van der Waals surface area contributed by atoms with Crippen molar-refractivity contribution in [1.82, 2.24) is 15.0 Å². The zero-order valence-electron chi connectivity index (χ0n) is 15.7. The Morgan fingerprint density at radius 2 is 1.93 bits per heavy atom. The number of carbonyl (C=O) groups excluding carboxylic acids is 1. The Morgan fingerprint density at radius 3 is 2.76 bits per heavy atom. The SMILES string of the molecule is O=C(Nc1ccc2c(c1)OCO2)c1cnc(N2CCCC2)nc1-c1cccnc1. The Balaban J connectivity index is 1.48. The maximum Gasteiger partial charge on any atom is 0.259 e. The van der Waals surface area contributed by atoms with E-state index in [4.69, 9.17) is 14.5 Å². The van der Waals surface area contributed by atoms with Crippen LogP contribution in [0.4, 0.5) is 11.6 Å². The number of anilines is 2. The summed E-state index contributed by atoms with van der Waals surface area (Å²) < 4.78 is 10.7. The molecule has 0 atom stereocenters. The second-order valence-corrected chi connectivity index (χ2v) is 6.89. The van der Waals surface area contributed by atoms with Gasteiger partial charge in [-0.15, -0.1) is 0 Å². The van der Waals surface area contributed by atoms with E-state index in [9.17, 15) is 4.79 Å². The van der Waals surface area contributed by atoms with Crippen LogP contribution in [0.2, 0.25) is 0 Å². The van der Waals surface area contributed by atoms with Crippen LogP contribution in [0.3, 0.4) is 0 Å². The van der Waals surface area contributed by atoms with Gasteiger partial charge in [-0.3, -0.25) is 9.78 Å². The van der Waals surface area contributed by atoms with Crippen LogP contribution in [0.15, 0.2) is 48.9 Å². The van der Waals surface area contributed by atoms with Crippen LogP contribution >= 0.6 is 0 Å². The van der Waals surface area contributed by atoms with E-state index in [1.807, 2.05) is 12.1 Å². The van der Waals surface area contributed by atoms with Gasteiger partial charge in [0.2, 0.25) is 12.7 Å². The minimum absolute atomic E-state index is 0.184. The maximum atomic E-state index is 13.0. The van der Waals surface area contributed by atoms with Crippen molar-refractivity contribution in [2.24, 2.45) is 0 Å². The third-order valence-electron chi connectivity index (χ3n) is 4.97. The average molecular weight is 389 g/mol. The van der Waals surface area contributed by atoms with Gasteiger partial charge in [0.05, 0.1) is 11.3 Å². The molecule has 8 heteroatoms. The van der Waals surface area contributed by atoms with E-state index in [0.717, 1.165) is 31.5 Å². The third-order valence-corrected chi connectivity index (χ3v) is 4.97. The fourth-order valence-corrected chi connectivity index (χ4v) is 3.50. The van der Waals surface area contributed by atoms with E-state index in [0.29, 0.717) is 34.4 Å². The number of rotatable bonds is 4. The summed E-state index contributed by atoms with van der Waals surface area (Å²) in [6.45, 7) is 2.04. The Bertz CT molecular complexity index is 1050. The minimum atomic E-state index is -0.296. The van der Waals surface area contributed by atoms with Crippen molar-refractivity contribution in [3.63, 3.8) is 0 Å². The second kappa shape index (κ2) is 7.38. The first kappa shape index (κ1) is 17.4. The van der Waals surface area contributed by atoms with Gasteiger partial charge in [0.25, 0.3) is 5.91 Å². The van der Waals surface area contributed by atoms with Crippen LogP contribution in [0.1, 0.15) is 23.2 Å². The number of hydrogen-bond donors (Lipinski definition) is 1. The van der Waals surface area contributed by atoms with Crippen molar-refractivity contribution in [3.8, 4) is 22.8 Å². The maximum absolute atomic E-state index is 13.0. The molecule has 0 radical (unpaired) electrons. The van der Waals surface area contributed by atoms with Crippen LogP contribution in [0, 0.1) is 0 Å². The number of hydrogen-bond acceptors (Lipinski definition) is 7. The van der Waals surface area contributed by atoms with Gasteiger partial charge in [-0.1, -0.05) is 0 Å². The first-order valence-corrected chi connectivity index (χ1v) is 9.51. The van der Waals surface area contributed by atoms with Gasteiger partial charge in [-0.05, 0) is 37.1 Å². The van der Waals surface area contributed by atoms with E-state index in [1.54, 1.807) is 36.8 Å². The van der Waals surface area contributed by atoms with Gasteiger partial charge in [0.1, 0.15) is 0 Å². The molecule has 2 aliphatic heterocycles. The number of ether oxygens (including phenoxy) is 2. The number of pyridine rings is 1. The summed E-state index contributed by atoms with van der Waals surface area (Å²) in [7, 11) is 0. The number of fused-ring (bicyclic) bond motifs is 1. The lowest BCUT2D eigenvalue weighted by Gasteiger charge is -2.17. The zero-order chi connectivity index (χ0) is 19.6. The molecular formula is C21H19N5O3. The summed E-state index contributed by atoms with van der Waals surface area (Å²) in [4.78, 5) is 28.5. The molecule has 29 heavy (non-hydrogen) atoms. The molecular weight excluding hydrogens is 370 g/mol. The van der Waals surface area contributed by atoms with Gasteiger partial charge in [-0.25, -0.2) is 9.97 Å². The molecule has 0 aliphatic carbocycles. The average Bonchev–Trinajstić information content (AvgIpc) is 3.46. The fourth-order valence-electron chi connectivity index (χ4n) is 3.50. The molecule has 5 rings (SSSR count). The third kappa shape index (κ3) is 3.44. The van der Waals surface area contributed by atoms with E-state index in [-0.39, 0.29) is 12.7 Å². The van der Waals surface area contributed by atoms with Crippen molar-refractivity contribution in [2.75, 3.05) is 30.1 Å². The highest BCUT2D eigenvalue weighted by atomic mass is 16.7. The molecule has 2 aromatic heterocycles. The molecule has 0 saturated carbocycles. The highest BCUT2D eigenvalue weighted by Crippen LogP contribution is 2.34. The van der Waals surface area contributed by atoms with Crippen LogP contribution in [-0.4, -0.2) is 40.7 Å². The lowest BCUT2D eigenvalue weighted by molar-refractivity contribution is 0.102. The normalized spacial score (nSPS) is 14.8. The van der Waals surface area contributed by atoms with Crippen molar-refractivity contribution < 1.29 is 14.3 Å². The van der Waals surface area contributed by atoms with E-state index < -0.39 is 0 Å². The number of amides is 1. The van der Waals surface area contributed by atoms with Gasteiger partial charge in [0, 0.05) is 49.0 Å². The van der Waals surface area contributed by atoms with Gasteiger partial charge >= 0.3 is 0 Å². The molecule has 8 nitrogen and oxygen atoms in total. The van der Waals surface area contributed by atoms with Crippen LogP contribution in [0.5, 0.6) is 11.5 Å². The van der Waals surface area contributed by atoms with Crippen LogP contribution < -0.4 is 19.7 Å². The molecule has 146 valence electrons. The van der Waals surface area contributed by atoms with Crippen molar-refractivity contribution >= 4 is 17.5 Å². The molecule has 1 aromatic carbocycles. The predicted molar refractivity (Wildman–Crippen MR) is 107 cm³/mol. The number of carbonyl (C=O) groups is 1. The van der Waals surface area contributed by atoms with E-state index in [2.05, 4.69) is 20.2 Å². The summed E-state index contributed by atoms with van der Waals surface area (Å²) in [6.07, 6.45) is 7.23. The minimum Gasteiger partial charge on any atom is -0.454 e. The molecule has 1 fully saturated rings. The predicted octanol–water partition coefficient (Wildman–Crippen LogP) is 3.12. The molecule has 0 bridgehead atoms. The Kier molecular flexibility index (Phi) is 4.44. The lowest BCUT2D eigenvalue weighted by atomic mass is 10.1. The first-order valence-electron chi connectivity index (χ1n) is 9.51. The topological polar surface area (TPSA) is 89.5 Å². The molecule has 1 N–H and O–H groups in total. The largest absolute Gasteiger partial charge is 0.454 e. The highest BCUT2D eigenvalue weighted by Gasteiger charge is 2.21. The molecule has 1 saturated heterocycles. The molecule has 4 heterocycles. The molecule has 0 spiro atoms. The lowest BCUT2D eigenvalue weighted by Crippen LogP contribution is -2.22. The highest BCUT2D eigenvalue weighted by molar-refractivity contribution is 6.08. The molecule has 3 aromatic rings. The summed E-state index contributed by atoms with van der Waals surface area (Å²) in [6, 6.07) is 9.00. The fraction of sp³-hybridized carbons (Fsp3) is 0.238. The Labute approximate surface area is 167 Å². The summed E-state index contributed by atoms with van der Waals surface area (Å²) in [5.74, 6) is 1.62. The number of benzene rings is 1. The van der Waals surface area contributed by atoms with Crippen molar-refractivity contribution in [2.45, 2.75) is 12.8 Å². The van der Waals surface area contributed by atoms with Gasteiger partial charge < -0.3 is 19.7 Å². The van der Waals surface area contributed by atoms with Crippen molar-refractivity contribution in [3.05, 3.63) is 54.5 Å². The summed E-state index contributed by atoms with van der Waals surface area (Å²) in [5.41, 5.74) is 2.33. The standard InChI is InChI=1S/C21H19N5O3/c27-20(24-15-5-6-17-18(10-15)29-13-28-17)16-12-23-21(26-8-1-2-9-26)25-19(16)14-4-3-7-22-11-14/h3-7,10-12H,1-2,8-9,13H2,(H,24,27). The second-order valence-electron chi connectivity index (χ2n) is 6.89. The smallest absolute Gasteiger partial charge is 0.259 e. The Morgan fingerprint density at radius 1 is 1.07 bits per heavy atom. The number of nitrogens with one attached hydrogen (secondary N) is 1. The Hall–Kier alpha value is -3.68.